The van der Waals surface area contributed by atoms with Gasteiger partial charge < -0.3 is 14.8 Å². The first-order valence-electron chi connectivity index (χ1n) is 9.19. The van der Waals surface area contributed by atoms with Crippen LogP contribution in [-0.2, 0) is 25.6 Å². The molecule has 0 radical (unpaired) electrons. The van der Waals surface area contributed by atoms with Gasteiger partial charge in [-0.1, -0.05) is 30.3 Å². The highest BCUT2D eigenvalue weighted by atomic mass is 16.6. The van der Waals surface area contributed by atoms with E-state index in [0.717, 1.165) is 10.4 Å². The first-order valence-corrected chi connectivity index (χ1v) is 9.19. The Morgan fingerprint density at radius 2 is 1.86 bits per heavy atom. The van der Waals surface area contributed by atoms with Gasteiger partial charge in [0.15, 0.2) is 5.78 Å². The molecular formula is C19H25N5O5. The molecule has 1 heterocycles. The van der Waals surface area contributed by atoms with Gasteiger partial charge in [-0.3, -0.25) is 9.59 Å². The summed E-state index contributed by atoms with van der Waals surface area (Å²) in [6.45, 7) is 6.62. The lowest BCUT2D eigenvalue weighted by Gasteiger charge is -2.22. The predicted octanol–water partition coefficient (Wildman–Crippen LogP) is 1.76. The number of ketones is 1. The van der Waals surface area contributed by atoms with Gasteiger partial charge in [-0.15, -0.1) is 10.2 Å². The van der Waals surface area contributed by atoms with Crippen LogP contribution in [0.3, 0.4) is 0 Å². The van der Waals surface area contributed by atoms with Gasteiger partial charge in [-0.25, -0.2) is 4.79 Å². The Bertz CT molecular complexity index is 844. The molecule has 1 unspecified atom stereocenters. The zero-order valence-corrected chi connectivity index (χ0v) is 16.9. The molecule has 1 amide bonds. The highest BCUT2D eigenvalue weighted by Gasteiger charge is 2.28. The smallest absolute Gasteiger partial charge is 0.408 e. The van der Waals surface area contributed by atoms with Crippen LogP contribution in [0.15, 0.2) is 30.3 Å². The quantitative estimate of drug-likeness (QED) is 0.661. The van der Waals surface area contributed by atoms with Gasteiger partial charge in [0.05, 0.1) is 13.0 Å². The number of aromatic nitrogens is 4. The summed E-state index contributed by atoms with van der Waals surface area (Å²) in [6.07, 6.45) is -1.14. The van der Waals surface area contributed by atoms with E-state index in [0.29, 0.717) is 5.82 Å². The van der Waals surface area contributed by atoms with Crippen molar-refractivity contribution in [3.63, 3.8) is 0 Å². The van der Waals surface area contributed by atoms with Crippen molar-refractivity contribution in [3.8, 4) is 11.4 Å². The van der Waals surface area contributed by atoms with E-state index >= 15 is 0 Å². The molecule has 0 saturated heterocycles. The minimum absolute atomic E-state index is 0.164. The Morgan fingerprint density at radius 3 is 2.48 bits per heavy atom. The van der Waals surface area contributed by atoms with Gasteiger partial charge in [0, 0.05) is 5.56 Å². The number of nitrogens with one attached hydrogen (secondary N) is 1. The highest BCUT2D eigenvalue weighted by molar-refractivity contribution is 5.90. The summed E-state index contributed by atoms with van der Waals surface area (Å²) in [7, 11) is 0. The number of alkyl carbamates (subject to hydrolysis) is 1. The van der Waals surface area contributed by atoms with Gasteiger partial charge in [-0.2, -0.15) is 4.80 Å². The minimum atomic E-state index is -1.14. The summed E-state index contributed by atoms with van der Waals surface area (Å²) < 4.78 is 10.1. The number of carbonyl (C=O) groups is 3. The molecule has 0 bridgehead atoms. The van der Waals surface area contributed by atoms with E-state index < -0.39 is 29.5 Å². The average Bonchev–Trinajstić information content (AvgIpc) is 3.09. The van der Waals surface area contributed by atoms with Crippen molar-refractivity contribution in [1.82, 2.24) is 25.5 Å². The number of carbonyl (C=O) groups excluding carboxylic acids is 3. The van der Waals surface area contributed by atoms with Crippen LogP contribution < -0.4 is 5.32 Å². The Morgan fingerprint density at radius 1 is 1.17 bits per heavy atom. The van der Waals surface area contributed by atoms with Crippen molar-refractivity contribution in [1.29, 1.82) is 0 Å². The number of esters is 1. The second-order valence-corrected chi connectivity index (χ2v) is 7.18. The molecule has 0 aliphatic carbocycles. The fraction of sp³-hybridized carbons (Fsp3) is 0.474. The molecule has 0 aliphatic heterocycles. The SMILES string of the molecule is CCOC(=O)CC(NC(=O)OC(C)(C)C)C(=O)Cn1nnc(-c2ccccc2)n1. The molecule has 29 heavy (non-hydrogen) atoms. The summed E-state index contributed by atoms with van der Waals surface area (Å²) in [5, 5.41) is 14.4. The number of ether oxygens (including phenoxy) is 2. The van der Waals surface area contributed by atoms with E-state index in [1.165, 1.54) is 0 Å². The number of Topliss-reactive ketones (excluding diaryl/α,β-unsaturated/α-hetero) is 1. The zero-order chi connectivity index (χ0) is 21.4. The minimum Gasteiger partial charge on any atom is -0.466 e. The van der Waals surface area contributed by atoms with Crippen LogP contribution in [0, 0.1) is 0 Å². The third kappa shape index (κ3) is 7.32. The molecule has 0 spiro atoms. The van der Waals surface area contributed by atoms with Crippen molar-refractivity contribution in [2.24, 2.45) is 0 Å². The number of hydrogen-bond donors (Lipinski definition) is 1. The lowest BCUT2D eigenvalue weighted by molar-refractivity contribution is -0.145. The van der Waals surface area contributed by atoms with Gasteiger partial charge in [0.25, 0.3) is 0 Å². The molecule has 2 aromatic rings. The van der Waals surface area contributed by atoms with Crippen LogP contribution in [-0.4, -0.2) is 56.3 Å². The third-order valence-electron chi connectivity index (χ3n) is 3.54. The monoisotopic (exact) mass is 403 g/mol. The predicted molar refractivity (Wildman–Crippen MR) is 103 cm³/mol. The average molecular weight is 403 g/mol. The second-order valence-electron chi connectivity index (χ2n) is 7.18. The van der Waals surface area contributed by atoms with Crippen LogP contribution in [0.25, 0.3) is 11.4 Å². The van der Waals surface area contributed by atoms with E-state index in [9.17, 15) is 14.4 Å². The highest BCUT2D eigenvalue weighted by Crippen LogP contribution is 2.12. The number of benzene rings is 1. The van der Waals surface area contributed by atoms with Crippen LogP contribution in [0.4, 0.5) is 4.79 Å². The number of rotatable bonds is 8. The fourth-order valence-electron chi connectivity index (χ4n) is 2.34. The zero-order valence-electron chi connectivity index (χ0n) is 16.9. The maximum atomic E-state index is 12.7. The van der Waals surface area contributed by atoms with E-state index in [2.05, 4.69) is 20.7 Å². The molecule has 156 valence electrons. The van der Waals surface area contributed by atoms with E-state index in [1.807, 2.05) is 30.3 Å². The number of amides is 1. The topological polar surface area (TPSA) is 125 Å². The number of nitrogens with zero attached hydrogens (tertiary/aromatic N) is 4. The molecule has 1 N–H and O–H groups in total. The molecular weight excluding hydrogens is 378 g/mol. The maximum absolute atomic E-state index is 12.7. The Labute approximate surface area is 168 Å². The molecule has 1 aromatic carbocycles. The van der Waals surface area contributed by atoms with Crippen molar-refractivity contribution in [3.05, 3.63) is 30.3 Å². The summed E-state index contributed by atoms with van der Waals surface area (Å²) in [6, 6.07) is 8.02. The van der Waals surface area contributed by atoms with Gasteiger partial charge in [0.2, 0.25) is 5.82 Å². The van der Waals surface area contributed by atoms with Crippen LogP contribution in [0.5, 0.6) is 0 Å². The number of hydrogen-bond acceptors (Lipinski definition) is 8. The standard InChI is InChI=1S/C19H25N5O5/c1-5-28-16(26)11-14(20-18(27)29-19(2,3)4)15(25)12-24-22-17(21-23-24)13-9-7-6-8-10-13/h6-10,14H,5,11-12H2,1-4H3,(H,20,27). The lowest BCUT2D eigenvalue weighted by Crippen LogP contribution is -2.46. The lowest BCUT2D eigenvalue weighted by atomic mass is 10.1. The third-order valence-corrected chi connectivity index (χ3v) is 3.54. The Balaban J connectivity index is 2.08. The molecule has 0 saturated carbocycles. The summed E-state index contributed by atoms with van der Waals surface area (Å²) in [5.74, 6) is -0.736. The van der Waals surface area contributed by atoms with Gasteiger partial charge in [0.1, 0.15) is 18.2 Å². The summed E-state index contributed by atoms with van der Waals surface area (Å²) in [5.41, 5.74) is 0.000722. The molecule has 1 atom stereocenters. The molecule has 1 aromatic heterocycles. The van der Waals surface area contributed by atoms with Gasteiger partial charge in [-0.05, 0) is 32.9 Å². The van der Waals surface area contributed by atoms with E-state index in [-0.39, 0.29) is 19.6 Å². The van der Waals surface area contributed by atoms with Crippen LogP contribution in [0.1, 0.15) is 34.1 Å². The van der Waals surface area contributed by atoms with Crippen molar-refractivity contribution < 1.29 is 23.9 Å². The summed E-state index contributed by atoms with van der Waals surface area (Å²) >= 11 is 0. The maximum Gasteiger partial charge on any atom is 0.408 e. The van der Waals surface area contributed by atoms with E-state index in [1.54, 1.807) is 27.7 Å². The number of tetrazole rings is 1. The fourth-order valence-corrected chi connectivity index (χ4v) is 2.34. The van der Waals surface area contributed by atoms with Crippen LogP contribution in [0.2, 0.25) is 0 Å². The first-order chi connectivity index (χ1) is 13.7. The molecule has 0 fully saturated rings. The van der Waals surface area contributed by atoms with Gasteiger partial charge >= 0.3 is 12.1 Å². The second kappa shape index (κ2) is 9.76. The molecule has 10 heteroatoms. The van der Waals surface area contributed by atoms with E-state index in [4.69, 9.17) is 9.47 Å². The van der Waals surface area contributed by atoms with Crippen molar-refractivity contribution >= 4 is 17.8 Å². The van der Waals surface area contributed by atoms with Crippen LogP contribution >= 0.6 is 0 Å². The van der Waals surface area contributed by atoms with Crippen molar-refractivity contribution in [2.75, 3.05) is 6.61 Å². The molecule has 10 nitrogen and oxygen atoms in total. The largest absolute Gasteiger partial charge is 0.466 e. The normalized spacial score (nSPS) is 12.1. The summed E-state index contributed by atoms with van der Waals surface area (Å²) in [4.78, 5) is 37.7. The van der Waals surface area contributed by atoms with Crippen molar-refractivity contribution in [2.45, 2.75) is 52.3 Å². The first kappa shape index (κ1) is 22.0. The molecule has 2 rings (SSSR count). The molecule has 0 aliphatic rings. The Kier molecular flexibility index (Phi) is 7.40. The Hall–Kier alpha value is -3.30.